The number of carbonyl (C=O) groups excluding carboxylic acids is 2. The van der Waals surface area contributed by atoms with Gasteiger partial charge in [-0.15, -0.1) is 11.8 Å². The minimum atomic E-state index is -4.64. The van der Waals surface area contributed by atoms with Crippen LogP contribution >= 0.6 is 23.4 Å². The minimum Gasteiger partial charge on any atom is -0.403 e. The first kappa shape index (κ1) is 29.3. The van der Waals surface area contributed by atoms with Gasteiger partial charge in [0.1, 0.15) is 12.7 Å². The van der Waals surface area contributed by atoms with Crippen molar-refractivity contribution in [2.45, 2.75) is 36.2 Å². The van der Waals surface area contributed by atoms with Crippen molar-refractivity contribution in [3.63, 3.8) is 0 Å². The molecule has 0 aliphatic carbocycles. The molecule has 13 heteroatoms. The molecule has 0 fully saturated rings. The fourth-order valence-electron chi connectivity index (χ4n) is 4.05. The number of amides is 2. The van der Waals surface area contributed by atoms with E-state index in [1.807, 2.05) is 23.9 Å². The Labute approximate surface area is 237 Å². The summed E-state index contributed by atoms with van der Waals surface area (Å²) in [5.41, 5.74) is 5.35. The molecule has 1 aromatic heterocycles. The van der Waals surface area contributed by atoms with E-state index in [2.05, 4.69) is 35.8 Å². The van der Waals surface area contributed by atoms with Gasteiger partial charge < -0.3 is 20.0 Å². The molecule has 5 rings (SSSR count). The van der Waals surface area contributed by atoms with Crippen molar-refractivity contribution in [3.8, 4) is 5.75 Å². The van der Waals surface area contributed by atoms with E-state index >= 15 is 0 Å². The number of ether oxygens (including phenoxy) is 1. The maximum absolute atomic E-state index is 12.9. The molecule has 8 nitrogen and oxygen atoms in total. The number of carbonyl (C=O) groups is 2. The maximum Gasteiger partial charge on any atom is 0.414 e. The third kappa shape index (κ3) is 6.23. The van der Waals surface area contributed by atoms with Crippen LogP contribution in [-0.4, -0.2) is 59.5 Å². The Bertz CT molecular complexity index is 1500. The van der Waals surface area contributed by atoms with Crippen molar-refractivity contribution in [1.82, 2.24) is 14.5 Å². The lowest BCUT2D eigenvalue weighted by Crippen LogP contribution is -2.54. The molecule has 40 heavy (non-hydrogen) atoms. The first-order valence-corrected chi connectivity index (χ1v) is 13.5. The molecule has 2 aromatic carbocycles. The highest BCUT2D eigenvalue weighted by atomic mass is 35.5. The van der Waals surface area contributed by atoms with Gasteiger partial charge in [0.05, 0.1) is 0 Å². The number of fused-ring (bicyclic) bond motifs is 3. The number of hydrogen-bond donors (Lipinski definition) is 1. The van der Waals surface area contributed by atoms with Crippen LogP contribution in [0.1, 0.15) is 34.1 Å². The second kappa shape index (κ2) is 11.8. The van der Waals surface area contributed by atoms with Crippen LogP contribution in [0.15, 0.2) is 64.4 Å². The quantitative estimate of drug-likeness (QED) is 0.431. The standard InChI is InChI=1S/C14H11ClS.C13H15F3N4O4/c15-13-6-3-5-10-8-11-4-1-2-7-14(11)16-9-12(10)13;1-7(13(14,15)16)19-6-17-20-5-4-8(21)10(9(20)11(19)22)24-12(23)18(2)3/h1-7H,8-9H2;4-5,7,17H,6H2,1-3H3/t;7-/m.1/s1. The van der Waals surface area contributed by atoms with Crippen molar-refractivity contribution in [2.75, 3.05) is 26.2 Å². The molecule has 1 N–H and O–H groups in total. The molecule has 0 radical (unpaired) electrons. The average Bonchev–Trinajstić information content (AvgIpc) is 3.10. The third-order valence-electron chi connectivity index (χ3n) is 6.37. The Balaban J connectivity index is 0.000000199. The van der Waals surface area contributed by atoms with Gasteiger partial charge in [0.15, 0.2) is 5.69 Å². The highest BCUT2D eigenvalue weighted by Crippen LogP contribution is 2.36. The number of nitrogens with zero attached hydrogens (tertiary/aromatic N) is 3. The summed E-state index contributed by atoms with van der Waals surface area (Å²) in [4.78, 5) is 39.0. The lowest BCUT2D eigenvalue weighted by atomic mass is 10.0. The molecule has 0 saturated carbocycles. The van der Waals surface area contributed by atoms with Gasteiger partial charge in [0.2, 0.25) is 11.2 Å². The second-order valence-electron chi connectivity index (χ2n) is 9.25. The van der Waals surface area contributed by atoms with E-state index in [1.54, 1.807) is 0 Å². The first-order valence-electron chi connectivity index (χ1n) is 12.1. The van der Waals surface area contributed by atoms with E-state index in [-0.39, 0.29) is 0 Å². The molecule has 212 valence electrons. The molecule has 0 spiro atoms. The SMILES string of the molecule is C[C@@H](N1CNn2ccc(=O)c(OC(=O)N(C)C)c2C1=O)C(F)(F)F.Clc1cccc2c1CSc1ccccc1C2. The van der Waals surface area contributed by atoms with Crippen LogP contribution in [0.2, 0.25) is 5.02 Å². The molecule has 2 aliphatic heterocycles. The van der Waals surface area contributed by atoms with Gasteiger partial charge in [0, 0.05) is 42.0 Å². The Morgan fingerprint density at radius 2 is 1.80 bits per heavy atom. The molecule has 1 atom stereocenters. The predicted octanol–water partition coefficient (Wildman–Crippen LogP) is 5.35. The number of pyridine rings is 1. The van der Waals surface area contributed by atoms with Gasteiger partial charge in [-0.1, -0.05) is 41.9 Å². The van der Waals surface area contributed by atoms with Crippen molar-refractivity contribution in [2.24, 2.45) is 0 Å². The monoisotopic (exact) mass is 594 g/mol. The smallest absolute Gasteiger partial charge is 0.403 e. The van der Waals surface area contributed by atoms with Crippen molar-refractivity contribution >= 4 is 35.4 Å². The van der Waals surface area contributed by atoms with Gasteiger partial charge in [-0.3, -0.25) is 14.3 Å². The number of benzene rings is 2. The molecular formula is C27H26ClF3N4O4S. The predicted molar refractivity (Wildman–Crippen MR) is 147 cm³/mol. The summed E-state index contributed by atoms with van der Waals surface area (Å²) in [5, 5.41) is 0.901. The molecule has 0 bridgehead atoms. The van der Waals surface area contributed by atoms with Crippen LogP contribution in [0.4, 0.5) is 18.0 Å². The highest BCUT2D eigenvalue weighted by molar-refractivity contribution is 7.98. The van der Waals surface area contributed by atoms with Gasteiger partial charge in [-0.05, 0) is 42.2 Å². The zero-order chi connectivity index (χ0) is 29.2. The third-order valence-corrected chi connectivity index (χ3v) is 7.86. The first-order chi connectivity index (χ1) is 18.9. The molecule has 3 heterocycles. The zero-order valence-electron chi connectivity index (χ0n) is 21.8. The minimum absolute atomic E-state index is 0.420. The van der Waals surface area contributed by atoms with E-state index in [9.17, 15) is 27.6 Å². The summed E-state index contributed by atoms with van der Waals surface area (Å²) >= 11 is 8.13. The largest absolute Gasteiger partial charge is 0.414 e. The number of hydrogen-bond acceptors (Lipinski definition) is 6. The molecular weight excluding hydrogens is 569 g/mol. The Morgan fingerprint density at radius 3 is 2.50 bits per heavy atom. The zero-order valence-corrected chi connectivity index (χ0v) is 23.4. The van der Waals surface area contributed by atoms with Crippen LogP contribution in [0.25, 0.3) is 0 Å². The highest BCUT2D eigenvalue weighted by Gasteiger charge is 2.45. The number of thioether (sulfide) groups is 1. The lowest BCUT2D eigenvalue weighted by Gasteiger charge is -2.36. The number of aromatic nitrogens is 1. The summed E-state index contributed by atoms with van der Waals surface area (Å²) in [6, 6.07) is 13.8. The van der Waals surface area contributed by atoms with E-state index in [4.69, 9.17) is 16.3 Å². The maximum atomic E-state index is 12.9. The average molecular weight is 595 g/mol. The molecule has 2 aliphatic rings. The Kier molecular flexibility index (Phi) is 8.69. The number of nitrogens with one attached hydrogen (secondary N) is 1. The summed E-state index contributed by atoms with van der Waals surface area (Å²) in [7, 11) is 2.71. The van der Waals surface area contributed by atoms with Crippen molar-refractivity contribution in [3.05, 3.63) is 92.4 Å². The lowest BCUT2D eigenvalue weighted by molar-refractivity contribution is -0.172. The molecule has 0 saturated heterocycles. The van der Waals surface area contributed by atoms with Gasteiger partial charge >= 0.3 is 12.3 Å². The topological polar surface area (TPSA) is 83.9 Å². The summed E-state index contributed by atoms with van der Waals surface area (Å²) in [6.07, 6.45) is -3.40. The van der Waals surface area contributed by atoms with Crippen LogP contribution < -0.4 is 15.6 Å². The fraction of sp³-hybridized carbons (Fsp3) is 0.296. The van der Waals surface area contributed by atoms with Crippen LogP contribution in [0.3, 0.4) is 0 Å². The number of rotatable bonds is 2. The normalized spacial score (nSPS) is 14.8. The number of halogens is 4. The summed E-state index contributed by atoms with van der Waals surface area (Å²) < 4.78 is 44.6. The molecule has 3 aromatic rings. The van der Waals surface area contributed by atoms with Gasteiger partial charge in [-0.2, -0.15) is 13.2 Å². The van der Waals surface area contributed by atoms with E-state index in [0.29, 0.717) is 4.90 Å². The van der Waals surface area contributed by atoms with Crippen LogP contribution in [-0.2, 0) is 12.2 Å². The number of alkyl halides is 3. The van der Waals surface area contributed by atoms with Gasteiger partial charge in [0.25, 0.3) is 5.91 Å². The van der Waals surface area contributed by atoms with Crippen molar-refractivity contribution in [1.29, 1.82) is 0 Å². The Hall–Kier alpha value is -3.64. The van der Waals surface area contributed by atoms with Crippen molar-refractivity contribution < 1.29 is 27.5 Å². The molecule has 2 amide bonds. The van der Waals surface area contributed by atoms with E-state index < -0.39 is 47.8 Å². The summed E-state index contributed by atoms with van der Waals surface area (Å²) in [6.45, 7) is 0.401. The van der Waals surface area contributed by atoms with Gasteiger partial charge in [-0.25, -0.2) is 4.79 Å². The summed E-state index contributed by atoms with van der Waals surface area (Å²) in [5.74, 6) is -0.725. The van der Waals surface area contributed by atoms with Crippen LogP contribution in [0, 0.1) is 0 Å². The van der Waals surface area contributed by atoms with E-state index in [1.165, 1.54) is 41.9 Å². The van der Waals surface area contributed by atoms with E-state index in [0.717, 1.165) is 39.8 Å². The molecule has 0 unspecified atom stereocenters. The van der Waals surface area contributed by atoms with Crippen LogP contribution in [0.5, 0.6) is 5.75 Å². The second-order valence-corrected chi connectivity index (χ2v) is 10.7. The fourth-order valence-corrected chi connectivity index (χ4v) is 5.54. The Morgan fingerprint density at radius 1 is 1.10 bits per heavy atom.